The van der Waals surface area contributed by atoms with E-state index in [0.717, 1.165) is 10.0 Å². The van der Waals surface area contributed by atoms with E-state index in [1.54, 1.807) is 39.7 Å². The Balaban J connectivity index is 2.28. The average Bonchev–Trinajstić information content (AvgIpc) is 2.80. The van der Waals surface area contributed by atoms with Crippen LogP contribution in [-0.2, 0) is 13.1 Å². The Morgan fingerprint density at radius 3 is 2.60 bits per heavy atom. The molecule has 0 spiro atoms. The largest absolute Gasteiger partial charge is 0.328 e. The van der Waals surface area contributed by atoms with E-state index in [4.69, 9.17) is 5.84 Å². The highest BCUT2D eigenvalue weighted by molar-refractivity contribution is 9.10. The van der Waals surface area contributed by atoms with Crippen LogP contribution in [0.1, 0.15) is 22.8 Å². The summed E-state index contributed by atoms with van der Waals surface area (Å²) in [5.41, 5.74) is 3.40. The molecule has 106 valence electrons. The molecule has 0 aliphatic heterocycles. The molecule has 0 fully saturated rings. The maximum atomic E-state index is 12.0. The summed E-state index contributed by atoms with van der Waals surface area (Å²) in [4.78, 5) is 23.4. The minimum atomic E-state index is -0.355. The highest BCUT2D eigenvalue weighted by Gasteiger charge is 2.09. The van der Waals surface area contributed by atoms with Crippen LogP contribution >= 0.6 is 15.9 Å². The third-order valence-corrected chi connectivity index (χ3v) is 3.78. The lowest BCUT2D eigenvalue weighted by Gasteiger charge is -2.07. The van der Waals surface area contributed by atoms with Crippen LogP contribution in [-0.4, -0.2) is 15.0 Å². The van der Waals surface area contributed by atoms with Gasteiger partial charge in [-0.05, 0) is 24.6 Å². The second-order valence-electron chi connectivity index (χ2n) is 4.27. The number of hydrogen-bond acceptors (Lipinski definition) is 3. The molecule has 0 bridgehead atoms. The smallest absolute Gasteiger partial charge is 0.300 e. The van der Waals surface area contributed by atoms with Crippen molar-refractivity contribution in [2.75, 3.05) is 0 Å². The summed E-state index contributed by atoms with van der Waals surface area (Å²) in [5.74, 6) is 4.74. The zero-order valence-electron chi connectivity index (χ0n) is 11.0. The zero-order chi connectivity index (χ0) is 14.7. The number of hydrogen-bond donors (Lipinski definition) is 2. The van der Waals surface area contributed by atoms with Crippen LogP contribution in [0.2, 0.25) is 0 Å². The lowest BCUT2D eigenvalue weighted by molar-refractivity contribution is 0.0953. The summed E-state index contributed by atoms with van der Waals surface area (Å²) in [7, 11) is 0. The Bertz CT molecular complexity index is 690. The van der Waals surface area contributed by atoms with Crippen molar-refractivity contribution >= 4 is 21.8 Å². The fraction of sp³-hybridized carbons (Fsp3) is 0.231. The summed E-state index contributed by atoms with van der Waals surface area (Å²) in [6, 6.07) is 5.15. The van der Waals surface area contributed by atoms with Gasteiger partial charge in [-0.25, -0.2) is 10.6 Å². The lowest BCUT2D eigenvalue weighted by atomic mass is 10.1. The van der Waals surface area contributed by atoms with Gasteiger partial charge in [0.15, 0.2) is 0 Å². The highest BCUT2D eigenvalue weighted by atomic mass is 79.9. The van der Waals surface area contributed by atoms with Crippen molar-refractivity contribution in [1.29, 1.82) is 0 Å². The first-order valence-electron chi connectivity index (χ1n) is 6.11. The van der Waals surface area contributed by atoms with Gasteiger partial charge in [-0.2, -0.15) is 0 Å². The number of halogens is 1. The van der Waals surface area contributed by atoms with Gasteiger partial charge in [-0.1, -0.05) is 22.0 Å². The Morgan fingerprint density at radius 1 is 1.35 bits per heavy atom. The monoisotopic (exact) mass is 338 g/mol. The van der Waals surface area contributed by atoms with Crippen molar-refractivity contribution in [3.05, 3.63) is 56.7 Å². The van der Waals surface area contributed by atoms with E-state index in [1.807, 2.05) is 6.92 Å². The number of hydrazine groups is 1. The molecule has 1 aromatic heterocycles. The van der Waals surface area contributed by atoms with Crippen LogP contribution in [0.25, 0.3) is 0 Å². The molecule has 2 rings (SSSR count). The molecule has 0 atom stereocenters. The first kappa shape index (κ1) is 14.5. The van der Waals surface area contributed by atoms with Crippen molar-refractivity contribution in [2.24, 2.45) is 5.84 Å². The summed E-state index contributed by atoms with van der Waals surface area (Å²) in [6.07, 6.45) is 3.51. The number of rotatable bonds is 4. The summed E-state index contributed by atoms with van der Waals surface area (Å²) >= 11 is 3.41. The summed E-state index contributed by atoms with van der Waals surface area (Å²) < 4.78 is 4.01. The van der Waals surface area contributed by atoms with Crippen LogP contribution in [0, 0.1) is 0 Å². The van der Waals surface area contributed by atoms with E-state index in [1.165, 1.54) is 0 Å². The first-order valence-corrected chi connectivity index (χ1v) is 6.91. The second kappa shape index (κ2) is 6.06. The van der Waals surface area contributed by atoms with Gasteiger partial charge in [0.25, 0.3) is 5.91 Å². The molecule has 0 saturated carbocycles. The molecule has 1 amide bonds. The maximum absolute atomic E-state index is 12.0. The van der Waals surface area contributed by atoms with Crippen LogP contribution < -0.4 is 17.0 Å². The van der Waals surface area contributed by atoms with Gasteiger partial charge >= 0.3 is 5.69 Å². The Morgan fingerprint density at radius 2 is 2.05 bits per heavy atom. The second-order valence-corrected chi connectivity index (χ2v) is 5.13. The molecule has 6 nitrogen and oxygen atoms in total. The van der Waals surface area contributed by atoms with Crippen molar-refractivity contribution < 1.29 is 4.79 Å². The number of nitrogens with zero attached hydrogens (tertiary/aromatic N) is 2. The number of carbonyl (C=O) groups is 1. The van der Waals surface area contributed by atoms with Crippen molar-refractivity contribution in [2.45, 2.75) is 20.0 Å². The van der Waals surface area contributed by atoms with Crippen LogP contribution in [0.5, 0.6) is 0 Å². The molecular formula is C13H15BrN4O2. The van der Waals surface area contributed by atoms with Gasteiger partial charge in [-0.3, -0.25) is 19.4 Å². The average molecular weight is 339 g/mol. The van der Waals surface area contributed by atoms with Crippen molar-refractivity contribution in [1.82, 2.24) is 14.6 Å². The van der Waals surface area contributed by atoms with Gasteiger partial charge in [0, 0.05) is 29.0 Å². The van der Waals surface area contributed by atoms with E-state index < -0.39 is 0 Å². The third-order valence-electron chi connectivity index (χ3n) is 3.05. The van der Waals surface area contributed by atoms with Gasteiger partial charge in [0.05, 0.1) is 6.54 Å². The highest BCUT2D eigenvalue weighted by Crippen LogP contribution is 2.19. The van der Waals surface area contributed by atoms with Gasteiger partial charge in [0.1, 0.15) is 0 Å². The zero-order valence-corrected chi connectivity index (χ0v) is 12.6. The number of imidazole rings is 1. The minimum absolute atomic E-state index is 0.0526. The normalized spacial score (nSPS) is 10.6. The molecule has 0 radical (unpaired) electrons. The SMILES string of the molecule is CCn1ccn(Cc2ccc(C(=O)NN)cc2Br)c1=O. The summed E-state index contributed by atoms with van der Waals surface area (Å²) in [5, 5.41) is 0. The molecule has 1 aromatic carbocycles. The summed E-state index contributed by atoms with van der Waals surface area (Å²) in [6.45, 7) is 3.00. The number of amides is 1. The molecular weight excluding hydrogens is 324 g/mol. The van der Waals surface area contributed by atoms with E-state index in [0.29, 0.717) is 18.7 Å². The predicted octanol–water partition coefficient (Wildman–Crippen LogP) is 1.08. The molecule has 0 aliphatic rings. The predicted molar refractivity (Wildman–Crippen MR) is 79.3 cm³/mol. The van der Waals surface area contributed by atoms with Crippen LogP contribution in [0.4, 0.5) is 0 Å². The standard InChI is InChI=1S/C13H15BrN4O2/c1-2-17-5-6-18(13(17)20)8-10-4-3-9(7-11(10)14)12(19)16-15/h3-7H,2,8,15H2,1H3,(H,16,19). The fourth-order valence-corrected chi connectivity index (χ4v) is 2.40. The van der Waals surface area contributed by atoms with Gasteiger partial charge < -0.3 is 0 Å². The molecule has 3 N–H and O–H groups in total. The van der Waals surface area contributed by atoms with Crippen molar-refractivity contribution in [3.63, 3.8) is 0 Å². The minimum Gasteiger partial charge on any atom is -0.300 e. The molecule has 20 heavy (non-hydrogen) atoms. The van der Waals surface area contributed by atoms with Crippen LogP contribution in [0.3, 0.4) is 0 Å². The third kappa shape index (κ3) is 2.83. The molecule has 0 unspecified atom stereocenters. The molecule has 1 heterocycles. The quantitative estimate of drug-likeness (QED) is 0.497. The number of aromatic nitrogens is 2. The Hall–Kier alpha value is -1.86. The molecule has 0 aliphatic carbocycles. The van der Waals surface area contributed by atoms with E-state index in [9.17, 15) is 9.59 Å². The molecule has 7 heteroatoms. The van der Waals surface area contributed by atoms with E-state index in [2.05, 4.69) is 21.4 Å². The van der Waals surface area contributed by atoms with Gasteiger partial charge in [-0.15, -0.1) is 0 Å². The lowest BCUT2D eigenvalue weighted by Crippen LogP contribution is -2.30. The van der Waals surface area contributed by atoms with Gasteiger partial charge in [0.2, 0.25) is 0 Å². The number of benzene rings is 1. The molecule has 2 aromatic rings. The number of carbonyl (C=O) groups excluding carboxylic acids is 1. The number of nitrogens with two attached hydrogens (primary N) is 1. The Labute approximate surface area is 124 Å². The topological polar surface area (TPSA) is 82.1 Å². The van der Waals surface area contributed by atoms with Crippen LogP contribution in [0.15, 0.2) is 39.9 Å². The first-order chi connectivity index (χ1) is 9.56. The van der Waals surface area contributed by atoms with E-state index >= 15 is 0 Å². The number of aryl methyl sites for hydroxylation is 1. The number of nitrogens with one attached hydrogen (secondary N) is 1. The number of nitrogen functional groups attached to an aromatic ring is 1. The maximum Gasteiger partial charge on any atom is 0.328 e. The molecule has 0 saturated heterocycles. The van der Waals surface area contributed by atoms with E-state index in [-0.39, 0.29) is 11.6 Å². The van der Waals surface area contributed by atoms with Crippen molar-refractivity contribution in [3.8, 4) is 0 Å². The Kier molecular flexibility index (Phi) is 4.41. The fourth-order valence-electron chi connectivity index (χ4n) is 1.90.